The van der Waals surface area contributed by atoms with Gasteiger partial charge in [-0.1, -0.05) is 62.4 Å². The van der Waals surface area contributed by atoms with Gasteiger partial charge in [0, 0.05) is 17.4 Å². The lowest BCUT2D eigenvalue weighted by Gasteiger charge is -2.42. The molecule has 22 heavy (non-hydrogen) atoms. The molecule has 0 amide bonds. The van der Waals surface area contributed by atoms with Gasteiger partial charge in [-0.05, 0) is 48.7 Å². The summed E-state index contributed by atoms with van der Waals surface area (Å²) < 4.78 is 0. The molecule has 114 valence electrons. The summed E-state index contributed by atoms with van der Waals surface area (Å²) in [7, 11) is 0. The number of nitrogens with zero attached hydrogens (tertiary/aromatic N) is 1. The Morgan fingerprint density at radius 2 is 1.45 bits per heavy atom. The Hall–Kier alpha value is -1.60. The van der Waals surface area contributed by atoms with Crippen molar-refractivity contribution in [2.45, 2.75) is 44.6 Å². The van der Waals surface area contributed by atoms with Crippen molar-refractivity contribution < 1.29 is 0 Å². The average molecular weight is 291 g/mol. The lowest BCUT2D eigenvalue weighted by atomic mass is 9.70. The van der Waals surface area contributed by atoms with E-state index >= 15 is 0 Å². The lowest BCUT2D eigenvalue weighted by molar-refractivity contribution is 0.166. The van der Waals surface area contributed by atoms with Crippen molar-refractivity contribution in [1.29, 1.82) is 0 Å². The number of hydrogen-bond donors (Lipinski definition) is 0. The van der Waals surface area contributed by atoms with E-state index in [0.717, 1.165) is 13.1 Å². The van der Waals surface area contributed by atoms with Crippen LogP contribution in [0.5, 0.6) is 0 Å². The van der Waals surface area contributed by atoms with Crippen LogP contribution in [0.1, 0.15) is 55.4 Å². The summed E-state index contributed by atoms with van der Waals surface area (Å²) in [6.45, 7) is 9.25. The van der Waals surface area contributed by atoms with Gasteiger partial charge in [-0.3, -0.25) is 4.90 Å². The first kappa shape index (κ1) is 14.0. The van der Waals surface area contributed by atoms with E-state index in [-0.39, 0.29) is 5.41 Å². The van der Waals surface area contributed by atoms with E-state index in [1.54, 1.807) is 22.3 Å². The second kappa shape index (κ2) is 4.96. The van der Waals surface area contributed by atoms with Crippen molar-refractivity contribution in [2.24, 2.45) is 0 Å². The standard InChI is InChI=1S/C21H25N/c1-4-22(5-2)15(3)21-14-18(16-10-6-8-12-19(16)21)17-11-7-9-13-20(17)21/h6-13,15,18H,4-5,14H2,1-3H3. The van der Waals surface area contributed by atoms with Crippen LogP contribution in [-0.4, -0.2) is 24.0 Å². The van der Waals surface area contributed by atoms with E-state index in [1.165, 1.54) is 6.42 Å². The SMILES string of the molecule is CCN(CC)C(C)C12CC(c3ccccc31)c1ccccc12. The largest absolute Gasteiger partial charge is 0.300 e. The predicted octanol–water partition coefficient (Wildman–Crippen LogP) is 4.55. The summed E-state index contributed by atoms with van der Waals surface area (Å²) in [5.74, 6) is 0.602. The first-order chi connectivity index (χ1) is 10.7. The molecule has 0 saturated heterocycles. The van der Waals surface area contributed by atoms with Crippen molar-refractivity contribution in [1.82, 2.24) is 4.90 Å². The first-order valence-corrected chi connectivity index (χ1v) is 8.66. The molecule has 1 atom stereocenters. The highest BCUT2D eigenvalue weighted by atomic mass is 15.2. The Bertz CT molecular complexity index is 651. The molecule has 2 aromatic rings. The van der Waals surface area contributed by atoms with Crippen LogP contribution in [0.2, 0.25) is 0 Å². The topological polar surface area (TPSA) is 3.24 Å². The molecule has 0 aliphatic heterocycles. The molecule has 0 heterocycles. The molecule has 2 aliphatic rings. The zero-order valence-corrected chi connectivity index (χ0v) is 13.8. The minimum atomic E-state index is 0.184. The molecule has 0 radical (unpaired) electrons. The number of benzene rings is 2. The van der Waals surface area contributed by atoms with E-state index < -0.39 is 0 Å². The van der Waals surface area contributed by atoms with E-state index in [2.05, 4.69) is 74.2 Å². The maximum absolute atomic E-state index is 2.63. The maximum Gasteiger partial charge on any atom is 0.0370 e. The Morgan fingerprint density at radius 1 is 0.955 bits per heavy atom. The van der Waals surface area contributed by atoms with Crippen molar-refractivity contribution in [3.8, 4) is 0 Å². The van der Waals surface area contributed by atoms with Gasteiger partial charge in [0.15, 0.2) is 0 Å². The third-order valence-corrected chi connectivity index (χ3v) is 6.23. The summed E-state index contributed by atoms with van der Waals surface area (Å²) in [6, 6.07) is 18.9. The summed E-state index contributed by atoms with van der Waals surface area (Å²) in [5.41, 5.74) is 6.49. The second-order valence-corrected chi connectivity index (χ2v) is 6.80. The van der Waals surface area contributed by atoms with Crippen molar-refractivity contribution >= 4 is 0 Å². The fourth-order valence-electron chi connectivity index (χ4n) is 5.19. The molecule has 1 heteroatoms. The smallest absolute Gasteiger partial charge is 0.0370 e. The van der Waals surface area contributed by atoms with Crippen molar-refractivity contribution in [3.05, 3.63) is 70.8 Å². The zero-order chi connectivity index (χ0) is 15.3. The van der Waals surface area contributed by atoms with E-state index in [4.69, 9.17) is 0 Å². The summed E-state index contributed by atoms with van der Waals surface area (Å²) in [5, 5.41) is 0. The van der Waals surface area contributed by atoms with Gasteiger partial charge < -0.3 is 0 Å². The van der Waals surface area contributed by atoms with Gasteiger partial charge >= 0.3 is 0 Å². The molecular formula is C21H25N. The number of likely N-dealkylation sites (N-methyl/N-ethyl adjacent to an activating group) is 1. The van der Waals surface area contributed by atoms with Gasteiger partial charge in [-0.2, -0.15) is 0 Å². The molecule has 0 aromatic heterocycles. The normalized spacial score (nSPS) is 26.1. The molecule has 4 rings (SSSR count). The zero-order valence-electron chi connectivity index (χ0n) is 13.8. The van der Waals surface area contributed by atoms with Crippen LogP contribution in [0.3, 0.4) is 0 Å². The van der Waals surface area contributed by atoms with Gasteiger partial charge in [0.25, 0.3) is 0 Å². The number of hydrogen-bond acceptors (Lipinski definition) is 1. The summed E-state index contributed by atoms with van der Waals surface area (Å²) in [4.78, 5) is 2.63. The van der Waals surface area contributed by atoms with Gasteiger partial charge in [-0.15, -0.1) is 0 Å². The molecule has 2 bridgehead atoms. The Morgan fingerprint density at radius 3 is 1.95 bits per heavy atom. The molecule has 0 fully saturated rings. The third-order valence-electron chi connectivity index (χ3n) is 6.23. The van der Waals surface area contributed by atoms with Crippen LogP contribution < -0.4 is 0 Å². The molecule has 0 spiro atoms. The highest BCUT2D eigenvalue weighted by Gasteiger charge is 2.55. The highest BCUT2D eigenvalue weighted by Crippen LogP contribution is 2.62. The van der Waals surface area contributed by atoms with Crippen LogP contribution in [0.15, 0.2) is 48.5 Å². The van der Waals surface area contributed by atoms with E-state index in [0.29, 0.717) is 12.0 Å². The molecule has 0 saturated carbocycles. The van der Waals surface area contributed by atoms with Crippen LogP contribution in [-0.2, 0) is 5.41 Å². The van der Waals surface area contributed by atoms with Crippen LogP contribution in [0.4, 0.5) is 0 Å². The Kier molecular flexibility index (Phi) is 3.16. The van der Waals surface area contributed by atoms with Gasteiger partial charge in [0.2, 0.25) is 0 Å². The van der Waals surface area contributed by atoms with Crippen molar-refractivity contribution in [2.75, 3.05) is 13.1 Å². The maximum atomic E-state index is 2.63. The Balaban J connectivity index is 1.95. The summed E-state index contributed by atoms with van der Waals surface area (Å²) in [6.07, 6.45) is 1.25. The van der Waals surface area contributed by atoms with E-state index in [9.17, 15) is 0 Å². The molecular weight excluding hydrogens is 266 g/mol. The van der Waals surface area contributed by atoms with Gasteiger partial charge in [0.05, 0.1) is 0 Å². The molecule has 1 unspecified atom stereocenters. The number of fused-ring (bicyclic) bond motifs is 8. The van der Waals surface area contributed by atoms with Gasteiger partial charge in [-0.25, -0.2) is 0 Å². The van der Waals surface area contributed by atoms with Crippen LogP contribution in [0, 0.1) is 0 Å². The lowest BCUT2D eigenvalue weighted by Crippen LogP contribution is -2.48. The summed E-state index contributed by atoms with van der Waals surface area (Å²) >= 11 is 0. The fourth-order valence-corrected chi connectivity index (χ4v) is 5.19. The quantitative estimate of drug-likeness (QED) is 0.798. The second-order valence-electron chi connectivity index (χ2n) is 6.80. The van der Waals surface area contributed by atoms with Gasteiger partial charge in [0.1, 0.15) is 0 Å². The van der Waals surface area contributed by atoms with Crippen molar-refractivity contribution in [3.63, 3.8) is 0 Å². The highest BCUT2D eigenvalue weighted by molar-refractivity contribution is 5.63. The molecule has 0 N–H and O–H groups in total. The third kappa shape index (κ3) is 1.58. The Labute approximate surface area is 134 Å². The molecule has 1 nitrogen and oxygen atoms in total. The molecule has 2 aliphatic carbocycles. The minimum absolute atomic E-state index is 0.184. The van der Waals surface area contributed by atoms with Crippen LogP contribution in [0.25, 0.3) is 0 Å². The van der Waals surface area contributed by atoms with Crippen LogP contribution >= 0.6 is 0 Å². The molecule has 2 aromatic carbocycles. The van der Waals surface area contributed by atoms with E-state index in [1.807, 2.05) is 0 Å². The predicted molar refractivity (Wildman–Crippen MR) is 92.5 cm³/mol. The number of rotatable bonds is 4. The monoisotopic (exact) mass is 291 g/mol. The average Bonchev–Trinajstić information content (AvgIpc) is 3.10. The first-order valence-electron chi connectivity index (χ1n) is 8.66. The minimum Gasteiger partial charge on any atom is -0.300 e. The fraction of sp³-hybridized carbons (Fsp3) is 0.429.